The number of benzene rings is 1. The van der Waals surface area contributed by atoms with Gasteiger partial charge in [-0.25, -0.2) is 4.79 Å². The highest BCUT2D eigenvalue weighted by Gasteiger charge is 2.14. The van der Waals surface area contributed by atoms with Crippen LogP contribution in [0.2, 0.25) is 0 Å². The first-order chi connectivity index (χ1) is 7.24. The Hall–Kier alpha value is -1.77. The summed E-state index contributed by atoms with van der Waals surface area (Å²) in [5, 5.41) is 0.959. The van der Waals surface area contributed by atoms with Crippen LogP contribution in [0.5, 0.6) is 0 Å². The highest BCUT2D eigenvalue weighted by atomic mass is 16.5. The average Bonchev–Trinajstić information content (AvgIpc) is 2.68. The van der Waals surface area contributed by atoms with Gasteiger partial charge in [0.05, 0.1) is 12.9 Å². The Labute approximate surface area is 87.6 Å². The van der Waals surface area contributed by atoms with E-state index < -0.39 is 0 Å². The van der Waals surface area contributed by atoms with Gasteiger partial charge in [0.2, 0.25) is 0 Å². The normalized spacial score (nSPS) is 10.5. The average molecular weight is 204 g/mol. The standard InChI is InChI=1S/C12H12O3/c1-3-14-12(13)10-5-4-8(2)9-6-7-15-11(9)10/h4-7H,3H2,1-2H3. The number of carbonyl (C=O) groups excluding carboxylic acids is 1. The molecule has 0 saturated heterocycles. The molecular weight excluding hydrogens is 192 g/mol. The highest BCUT2D eigenvalue weighted by molar-refractivity contribution is 6.02. The van der Waals surface area contributed by atoms with Crippen molar-refractivity contribution in [3.63, 3.8) is 0 Å². The molecule has 0 spiro atoms. The van der Waals surface area contributed by atoms with Gasteiger partial charge in [-0.15, -0.1) is 0 Å². The SMILES string of the molecule is CCOC(=O)c1ccc(C)c2ccoc12. The Morgan fingerprint density at radius 3 is 2.93 bits per heavy atom. The second kappa shape index (κ2) is 3.77. The maximum absolute atomic E-state index is 11.6. The van der Waals surface area contributed by atoms with Crippen LogP contribution in [0.1, 0.15) is 22.8 Å². The summed E-state index contributed by atoms with van der Waals surface area (Å²) in [5.41, 5.74) is 2.18. The van der Waals surface area contributed by atoms with Gasteiger partial charge < -0.3 is 9.15 Å². The third-order valence-corrected chi connectivity index (χ3v) is 2.33. The summed E-state index contributed by atoms with van der Waals surface area (Å²) >= 11 is 0. The van der Waals surface area contributed by atoms with Crippen molar-refractivity contribution >= 4 is 16.9 Å². The van der Waals surface area contributed by atoms with Crippen molar-refractivity contribution in [2.45, 2.75) is 13.8 Å². The minimum absolute atomic E-state index is 0.336. The Morgan fingerprint density at radius 1 is 1.40 bits per heavy atom. The number of aryl methyl sites for hydroxylation is 1. The van der Waals surface area contributed by atoms with E-state index >= 15 is 0 Å². The summed E-state index contributed by atoms with van der Waals surface area (Å²) in [6.45, 7) is 4.13. The fourth-order valence-corrected chi connectivity index (χ4v) is 1.57. The van der Waals surface area contributed by atoms with Gasteiger partial charge in [-0.2, -0.15) is 0 Å². The second-order valence-corrected chi connectivity index (χ2v) is 3.31. The Balaban J connectivity index is 2.57. The monoisotopic (exact) mass is 204 g/mol. The van der Waals surface area contributed by atoms with E-state index in [0.29, 0.717) is 17.8 Å². The zero-order valence-electron chi connectivity index (χ0n) is 8.74. The largest absolute Gasteiger partial charge is 0.463 e. The summed E-state index contributed by atoms with van der Waals surface area (Å²) in [5.74, 6) is -0.336. The predicted octanol–water partition coefficient (Wildman–Crippen LogP) is 2.92. The van der Waals surface area contributed by atoms with Gasteiger partial charge >= 0.3 is 5.97 Å². The molecule has 0 aliphatic rings. The summed E-state index contributed by atoms with van der Waals surface area (Å²) in [6.07, 6.45) is 1.58. The smallest absolute Gasteiger partial charge is 0.341 e. The lowest BCUT2D eigenvalue weighted by molar-refractivity contribution is 0.0527. The van der Waals surface area contributed by atoms with E-state index in [1.807, 2.05) is 19.1 Å². The van der Waals surface area contributed by atoms with Crippen molar-refractivity contribution < 1.29 is 13.9 Å². The zero-order chi connectivity index (χ0) is 10.8. The van der Waals surface area contributed by atoms with Gasteiger partial charge in [0.25, 0.3) is 0 Å². The molecule has 1 aromatic heterocycles. The number of rotatable bonds is 2. The second-order valence-electron chi connectivity index (χ2n) is 3.31. The number of ether oxygens (including phenoxy) is 1. The van der Waals surface area contributed by atoms with Crippen molar-refractivity contribution in [3.05, 3.63) is 35.6 Å². The molecular formula is C12H12O3. The molecule has 0 saturated carbocycles. The third-order valence-electron chi connectivity index (χ3n) is 2.33. The van der Waals surface area contributed by atoms with E-state index in [2.05, 4.69) is 0 Å². The number of fused-ring (bicyclic) bond motifs is 1. The van der Waals surface area contributed by atoms with Crippen LogP contribution in [0, 0.1) is 6.92 Å². The maximum atomic E-state index is 11.6. The van der Waals surface area contributed by atoms with Crippen LogP contribution in [0.25, 0.3) is 11.0 Å². The summed E-state index contributed by atoms with van der Waals surface area (Å²) in [4.78, 5) is 11.6. The molecule has 0 aliphatic carbocycles. The topological polar surface area (TPSA) is 39.4 Å². The molecule has 0 fully saturated rings. The molecule has 1 aromatic carbocycles. The van der Waals surface area contributed by atoms with E-state index in [-0.39, 0.29) is 5.97 Å². The van der Waals surface area contributed by atoms with Crippen LogP contribution >= 0.6 is 0 Å². The van der Waals surface area contributed by atoms with Gasteiger partial charge in [0.1, 0.15) is 11.1 Å². The maximum Gasteiger partial charge on any atom is 0.341 e. The lowest BCUT2D eigenvalue weighted by Gasteiger charge is -2.03. The molecule has 0 atom stereocenters. The molecule has 0 N–H and O–H groups in total. The summed E-state index contributed by atoms with van der Waals surface area (Å²) in [7, 11) is 0. The van der Waals surface area contributed by atoms with Gasteiger partial charge in [0.15, 0.2) is 0 Å². The fraction of sp³-hybridized carbons (Fsp3) is 0.250. The minimum Gasteiger partial charge on any atom is -0.463 e. The molecule has 0 aliphatic heterocycles. The number of hydrogen-bond donors (Lipinski definition) is 0. The first-order valence-electron chi connectivity index (χ1n) is 4.88. The third kappa shape index (κ3) is 1.61. The van der Waals surface area contributed by atoms with Crippen LogP contribution in [-0.2, 0) is 4.74 Å². The van der Waals surface area contributed by atoms with Crippen LogP contribution in [0.15, 0.2) is 28.9 Å². The van der Waals surface area contributed by atoms with Crippen molar-refractivity contribution in [2.24, 2.45) is 0 Å². The lowest BCUT2D eigenvalue weighted by atomic mass is 10.1. The van der Waals surface area contributed by atoms with Crippen molar-refractivity contribution in [2.75, 3.05) is 6.61 Å². The Morgan fingerprint density at radius 2 is 2.20 bits per heavy atom. The number of hydrogen-bond acceptors (Lipinski definition) is 3. The number of carbonyl (C=O) groups is 1. The highest BCUT2D eigenvalue weighted by Crippen LogP contribution is 2.24. The van der Waals surface area contributed by atoms with Crippen molar-refractivity contribution in [1.29, 1.82) is 0 Å². The quantitative estimate of drug-likeness (QED) is 0.706. The number of furan rings is 1. The first-order valence-corrected chi connectivity index (χ1v) is 4.88. The van der Waals surface area contributed by atoms with E-state index in [9.17, 15) is 4.79 Å². The van der Waals surface area contributed by atoms with Crippen LogP contribution in [0.3, 0.4) is 0 Å². The van der Waals surface area contributed by atoms with E-state index in [0.717, 1.165) is 10.9 Å². The fourth-order valence-electron chi connectivity index (χ4n) is 1.57. The van der Waals surface area contributed by atoms with Crippen molar-refractivity contribution in [1.82, 2.24) is 0 Å². The molecule has 2 rings (SSSR count). The van der Waals surface area contributed by atoms with Crippen LogP contribution < -0.4 is 0 Å². The number of esters is 1. The molecule has 0 amide bonds. The summed E-state index contributed by atoms with van der Waals surface area (Å²) in [6, 6.07) is 5.48. The van der Waals surface area contributed by atoms with Gasteiger partial charge in [-0.3, -0.25) is 0 Å². The van der Waals surface area contributed by atoms with Crippen LogP contribution in [0.4, 0.5) is 0 Å². The van der Waals surface area contributed by atoms with Crippen molar-refractivity contribution in [3.8, 4) is 0 Å². The Bertz CT molecular complexity index is 497. The van der Waals surface area contributed by atoms with Gasteiger partial charge in [-0.05, 0) is 31.5 Å². The molecule has 3 nitrogen and oxygen atoms in total. The zero-order valence-corrected chi connectivity index (χ0v) is 8.74. The van der Waals surface area contributed by atoms with E-state index in [1.54, 1.807) is 19.3 Å². The minimum atomic E-state index is -0.336. The van der Waals surface area contributed by atoms with Gasteiger partial charge in [-0.1, -0.05) is 6.07 Å². The van der Waals surface area contributed by atoms with E-state index in [4.69, 9.17) is 9.15 Å². The molecule has 3 heteroatoms. The van der Waals surface area contributed by atoms with E-state index in [1.165, 1.54) is 0 Å². The molecule has 1 heterocycles. The molecule has 0 bridgehead atoms. The molecule has 0 unspecified atom stereocenters. The molecule has 0 radical (unpaired) electrons. The lowest BCUT2D eigenvalue weighted by Crippen LogP contribution is -2.04. The molecule has 2 aromatic rings. The van der Waals surface area contributed by atoms with Crippen LogP contribution in [-0.4, -0.2) is 12.6 Å². The summed E-state index contributed by atoms with van der Waals surface area (Å²) < 4.78 is 10.2. The predicted molar refractivity (Wildman–Crippen MR) is 56.9 cm³/mol. The molecule has 78 valence electrons. The first kappa shape index (κ1) is 9.77. The van der Waals surface area contributed by atoms with Gasteiger partial charge in [0, 0.05) is 5.39 Å². The Kier molecular flexibility index (Phi) is 2.46. The molecule has 15 heavy (non-hydrogen) atoms.